The number of hydrogen-bond acceptors (Lipinski definition) is 3. The fourth-order valence-corrected chi connectivity index (χ4v) is 2.85. The van der Waals surface area contributed by atoms with Gasteiger partial charge >= 0.3 is 0 Å². The van der Waals surface area contributed by atoms with Crippen molar-refractivity contribution in [3.8, 4) is 0 Å². The molecule has 15 heavy (non-hydrogen) atoms. The van der Waals surface area contributed by atoms with Gasteiger partial charge in [0.05, 0.1) is 12.1 Å². The molecule has 0 aromatic heterocycles. The van der Waals surface area contributed by atoms with E-state index in [-0.39, 0.29) is 10.6 Å². The molecule has 0 saturated carbocycles. The van der Waals surface area contributed by atoms with E-state index >= 15 is 0 Å². The molecule has 0 rings (SSSR count). The lowest BCUT2D eigenvalue weighted by molar-refractivity contribution is 0.101. The van der Waals surface area contributed by atoms with Crippen LogP contribution in [0.2, 0.25) is 18.1 Å². The second-order valence-corrected chi connectivity index (χ2v) is 10.8. The Kier molecular flexibility index (Phi) is 4.46. The summed E-state index contributed by atoms with van der Waals surface area (Å²) in [6, 6.07) is 0. The van der Waals surface area contributed by atoms with Gasteiger partial charge in [-0.05, 0) is 32.0 Å². The van der Waals surface area contributed by atoms with Gasteiger partial charge in [0.1, 0.15) is 0 Å². The summed E-state index contributed by atoms with van der Waals surface area (Å²) in [5, 5.41) is 0.176. The average molecular weight is 229 g/mol. The molecule has 3 nitrogen and oxygen atoms in total. The van der Waals surface area contributed by atoms with Crippen LogP contribution in [-0.2, 0) is 9.22 Å². The first-order valence-corrected chi connectivity index (χ1v) is 8.16. The minimum atomic E-state index is -1.78. The fourth-order valence-electron chi connectivity index (χ4n) is 1.10. The van der Waals surface area contributed by atoms with Gasteiger partial charge in [-0.25, -0.2) is 9.79 Å². The Bertz CT molecular complexity index is 260. The van der Waals surface area contributed by atoms with Crippen LogP contribution < -0.4 is 0 Å². The Morgan fingerprint density at radius 2 is 1.67 bits per heavy atom. The molecule has 0 aromatic rings. The van der Waals surface area contributed by atoms with Crippen LogP contribution in [0.3, 0.4) is 0 Å². The van der Waals surface area contributed by atoms with Crippen molar-refractivity contribution in [1.82, 2.24) is 0 Å². The molecule has 0 aliphatic rings. The zero-order valence-electron chi connectivity index (χ0n) is 11.0. The van der Waals surface area contributed by atoms with Gasteiger partial charge in [-0.2, -0.15) is 0 Å². The van der Waals surface area contributed by atoms with Gasteiger partial charge in [-0.1, -0.05) is 20.8 Å². The number of aliphatic imine (C=N–C) groups is 1. The number of isocyanates is 1. The van der Waals surface area contributed by atoms with E-state index in [1.807, 2.05) is 13.8 Å². The second-order valence-electron chi connectivity index (χ2n) is 6.03. The number of hydrogen-bond donors (Lipinski definition) is 0. The molecule has 0 N–H and O–H groups in total. The van der Waals surface area contributed by atoms with Crippen LogP contribution in [0.15, 0.2) is 4.99 Å². The summed E-state index contributed by atoms with van der Waals surface area (Å²) in [6.45, 7) is 15.3. The summed E-state index contributed by atoms with van der Waals surface area (Å²) < 4.78 is 6.16. The van der Waals surface area contributed by atoms with Gasteiger partial charge in [0.25, 0.3) is 0 Å². The van der Waals surface area contributed by atoms with Crippen molar-refractivity contribution in [3.05, 3.63) is 0 Å². The first kappa shape index (κ1) is 14.6. The average Bonchev–Trinajstić information content (AvgIpc) is 1.96. The standard InChI is InChI=1S/C11H23NO2Si/c1-10(2,3)15(6,7)14-11(4,5)8-12-9-13/h8H2,1-7H3. The van der Waals surface area contributed by atoms with Crippen LogP contribution in [0, 0.1) is 0 Å². The van der Waals surface area contributed by atoms with Crippen LogP contribution in [0.25, 0.3) is 0 Å². The summed E-state index contributed by atoms with van der Waals surface area (Å²) >= 11 is 0. The molecule has 0 radical (unpaired) electrons. The van der Waals surface area contributed by atoms with E-state index in [9.17, 15) is 4.79 Å². The largest absolute Gasteiger partial charge is 0.410 e. The Hall–Kier alpha value is -0.443. The summed E-state index contributed by atoms with van der Waals surface area (Å²) in [5.74, 6) is 0. The van der Waals surface area contributed by atoms with Crippen molar-refractivity contribution in [3.63, 3.8) is 0 Å². The summed E-state index contributed by atoms with van der Waals surface area (Å²) in [5.41, 5.74) is -0.375. The van der Waals surface area contributed by atoms with E-state index < -0.39 is 8.32 Å². The van der Waals surface area contributed by atoms with E-state index in [1.54, 1.807) is 6.08 Å². The first-order chi connectivity index (χ1) is 6.52. The molecule has 4 heteroatoms. The van der Waals surface area contributed by atoms with E-state index in [0.717, 1.165) is 0 Å². The van der Waals surface area contributed by atoms with Gasteiger partial charge in [-0.3, -0.25) is 0 Å². The molecule has 0 amide bonds. The smallest absolute Gasteiger partial charge is 0.235 e. The lowest BCUT2D eigenvalue weighted by Crippen LogP contribution is -2.48. The maximum absolute atomic E-state index is 10.1. The van der Waals surface area contributed by atoms with Crippen LogP contribution >= 0.6 is 0 Å². The van der Waals surface area contributed by atoms with Crippen LogP contribution in [-0.4, -0.2) is 26.5 Å². The summed E-state index contributed by atoms with van der Waals surface area (Å²) in [6.07, 6.45) is 1.56. The van der Waals surface area contributed by atoms with Crippen molar-refractivity contribution in [1.29, 1.82) is 0 Å². The van der Waals surface area contributed by atoms with E-state index in [4.69, 9.17) is 4.43 Å². The molecule has 0 aromatic carbocycles. The monoisotopic (exact) mass is 229 g/mol. The van der Waals surface area contributed by atoms with Crippen molar-refractivity contribution in [2.24, 2.45) is 4.99 Å². The highest BCUT2D eigenvalue weighted by Crippen LogP contribution is 2.39. The third-order valence-corrected chi connectivity index (χ3v) is 7.54. The highest BCUT2D eigenvalue weighted by molar-refractivity contribution is 6.74. The predicted octanol–water partition coefficient (Wildman–Crippen LogP) is 3.12. The molecule has 0 heterocycles. The van der Waals surface area contributed by atoms with Crippen LogP contribution in [0.4, 0.5) is 0 Å². The molecule has 0 spiro atoms. The van der Waals surface area contributed by atoms with Gasteiger partial charge in [-0.15, -0.1) is 0 Å². The second kappa shape index (κ2) is 4.60. The third-order valence-electron chi connectivity index (χ3n) is 2.86. The van der Waals surface area contributed by atoms with E-state index in [2.05, 4.69) is 38.9 Å². The molecular weight excluding hydrogens is 206 g/mol. The topological polar surface area (TPSA) is 38.7 Å². The van der Waals surface area contributed by atoms with Crippen molar-refractivity contribution >= 4 is 14.4 Å². The maximum atomic E-state index is 10.1. The number of nitrogens with zero attached hydrogens (tertiary/aromatic N) is 1. The van der Waals surface area contributed by atoms with Crippen LogP contribution in [0.1, 0.15) is 34.6 Å². The normalized spacial score (nSPS) is 13.5. The summed E-state index contributed by atoms with van der Waals surface area (Å²) in [7, 11) is -1.78. The summed E-state index contributed by atoms with van der Waals surface area (Å²) in [4.78, 5) is 13.7. The molecular formula is C11H23NO2Si. The first-order valence-electron chi connectivity index (χ1n) is 5.26. The molecule has 0 bridgehead atoms. The van der Waals surface area contributed by atoms with Crippen molar-refractivity contribution < 1.29 is 9.22 Å². The molecule has 0 fully saturated rings. The highest BCUT2D eigenvalue weighted by atomic mass is 28.4. The lowest BCUT2D eigenvalue weighted by atomic mass is 10.1. The molecule has 0 saturated heterocycles. The minimum Gasteiger partial charge on any atom is -0.410 e. The quantitative estimate of drug-likeness (QED) is 0.422. The fraction of sp³-hybridized carbons (Fsp3) is 0.909. The van der Waals surface area contributed by atoms with E-state index in [0.29, 0.717) is 6.54 Å². The molecule has 0 aliphatic heterocycles. The molecule has 0 aliphatic carbocycles. The van der Waals surface area contributed by atoms with Gasteiger partial charge in [0.15, 0.2) is 8.32 Å². The molecule has 88 valence electrons. The predicted molar refractivity (Wildman–Crippen MR) is 65.3 cm³/mol. The zero-order valence-corrected chi connectivity index (χ0v) is 12.0. The van der Waals surface area contributed by atoms with Crippen LogP contribution in [0.5, 0.6) is 0 Å². The van der Waals surface area contributed by atoms with Gasteiger partial charge < -0.3 is 4.43 Å². The van der Waals surface area contributed by atoms with Crippen molar-refractivity contribution in [2.45, 2.75) is 58.4 Å². The number of carbonyl (C=O) groups excluding carboxylic acids is 1. The van der Waals surface area contributed by atoms with E-state index in [1.165, 1.54) is 0 Å². The Morgan fingerprint density at radius 3 is 2.00 bits per heavy atom. The third kappa shape index (κ3) is 4.73. The SMILES string of the molecule is CC(C)(CN=C=O)O[Si](C)(C)C(C)(C)C. The minimum absolute atomic E-state index is 0.176. The Morgan fingerprint density at radius 1 is 1.20 bits per heavy atom. The Balaban J connectivity index is 4.64. The Labute approximate surface area is 94.1 Å². The maximum Gasteiger partial charge on any atom is 0.235 e. The van der Waals surface area contributed by atoms with Crippen molar-refractivity contribution in [2.75, 3.05) is 6.54 Å². The molecule has 0 atom stereocenters. The number of rotatable bonds is 4. The zero-order chi connectivity index (χ0) is 12.3. The lowest BCUT2D eigenvalue weighted by Gasteiger charge is -2.42. The van der Waals surface area contributed by atoms with Gasteiger partial charge in [0.2, 0.25) is 6.08 Å². The molecule has 0 unspecified atom stereocenters. The van der Waals surface area contributed by atoms with Gasteiger partial charge in [0, 0.05) is 0 Å². The highest BCUT2D eigenvalue weighted by Gasteiger charge is 2.41.